The van der Waals surface area contributed by atoms with Gasteiger partial charge in [0.1, 0.15) is 11.3 Å². The van der Waals surface area contributed by atoms with E-state index in [0.29, 0.717) is 5.88 Å². The number of aromatic nitrogens is 3. The summed E-state index contributed by atoms with van der Waals surface area (Å²) >= 11 is 11.8. The van der Waals surface area contributed by atoms with Crippen LogP contribution in [-0.2, 0) is 13.0 Å². The maximum absolute atomic E-state index is 5.94. The molecule has 0 aliphatic heterocycles. The van der Waals surface area contributed by atoms with E-state index in [4.69, 9.17) is 23.2 Å². The Morgan fingerprint density at radius 3 is 2.52 bits per heavy atom. The van der Waals surface area contributed by atoms with Crippen LogP contribution in [0, 0.1) is 6.92 Å². The predicted octanol–water partition coefficient (Wildman–Crippen LogP) is 4.22. The standard InChI is InChI=1S/C16H15Cl2N3/c1-11-2-7-14-16(19-11)21(15(20-14)8-9-17)10-12-3-5-13(18)6-4-12/h2-7H,8-10H2,1H3. The third-order valence-electron chi connectivity index (χ3n) is 3.38. The highest BCUT2D eigenvalue weighted by Crippen LogP contribution is 2.19. The molecule has 3 aromatic rings. The third-order valence-corrected chi connectivity index (χ3v) is 3.82. The molecule has 108 valence electrons. The molecule has 0 N–H and O–H groups in total. The topological polar surface area (TPSA) is 30.7 Å². The number of hydrogen-bond donors (Lipinski definition) is 0. The summed E-state index contributed by atoms with van der Waals surface area (Å²) in [5, 5.41) is 0.740. The molecule has 0 unspecified atom stereocenters. The molecule has 0 atom stereocenters. The minimum atomic E-state index is 0.545. The normalized spacial score (nSPS) is 11.2. The van der Waals surface area contributed by atoms with Crippen LogP contribution in [0.25, 0.3) is 11.2 Å². The van der Waals surface area contributed by atoms with Gasteiger partial charge in [-0.05, 0) is 36.8 Å². The van der Waals surface area contributed by atoms with Crippen LogP contribution in [0.15, 0.2) is 36.4 Å². The minimum Gasteiger partial charge on any atom is -0.308 e. The van der Waals surface area contributed by atoms with Gasteiger partial charge in [-0.15, -0.1) is 11.6 Å². The second kappa shape index (κ2) is 6.04. The van der Waals surface area contributed by atoms with Crippen LogP contribution in [0.5, 0.6) is 0 Å². The van der Waals surface area contributed by atoms with Crippen LogP contribution in [0.3, 0.4) is 0 Å². The van der Waals surface area contributed by atoms with Crippen molar-refractivity contribution in [1.82, 2.24) is 14.5 Å². The molecular weight excluding hydrogens is 305 g/mol. The molecule has 0 radical (unpaired) electrons. The van der Waals surface area contributed by atoms with E-state index in [1.807, 2.05) is 43.3 Å². The summed E-state index contributed by atoms with van der Waals surface area (Å²) in [6.07, 6.45) is 0.727. The highest BCUT2D eigenvalue weighted by atomic mass is 35.5. The van der Waals surface area contributed by atoms with E-state index >= 15 is 0 Å². The number of imidazole rings is 1. The van der Waals surface area contributed by atoms with E-state index in [-0.39, 0.29) is 0 Å². The van der Waals surface area contributed by atoms with Crippen molar-refractivity contribution in [3.63, 3.8) is 0 Å². The first-order chi connectivity index (χ1) is 10.2. The second-order valence-corrected chi connectivity index (χ2v) is 5.79. The lowest BCUT2D eigenvalue weighted by Gasteiger charge is -2.08. The molecule has 0 aliphatic carbocycles. The zero-order chi connectivity index (χ0) is 14.8. The third kappa shape index (κ3) is 3.04. The summed E-state index contributed by atoms with van der Waals surface area (Å²) in [5.41, 5.74) is 3.97. The van der Waals surface area contributed by atoms with Crippen molar-refractivity contribution >= 4 is 34.4 Å². The number of halogens is 2. The summed E-state index contributed by atoms with van der Waals surface area (Å²) in [6.45, 7) is 2.70. The Balaban J connectivity index is 2.07. The van der Waals surface area contributed by atoms with E-state index < -0.39 is 0 Å². The summed E-state index contributed by atoms with van der Waals surface area (Å²) in [6, 6.07) is 11.8. The number of fused-ring (bicyclic) bond motifs is 1. The Bertz CT molecular complexity index is 763. The molecule has 0 saturated heterocycles. The van der Waals surface area contributed by atoms with Crippen molar-refractivity contribution < 1.29 is 0 Å². The van der Waals surface area contributed by atoms with Crippen molar-refractivity contribution in [2.24, 2.45) is 0 Å². The molecule has 0 amide bonds. The van der Waals surface area contributed by atoms with Gasteiger partial charge >= 0.3 is 0 Å². The first kappa shape index (κ1) is 14.4. The van der Waals surface area contributed by atoms with E-state index in [1.165, 1.54) is 0 Å². The molecule has 5 heteroatoms. The van der Waals surface area contributed by atoms with Crippen molar-refractivity contribution in [1.29, 1.82) is 0 Å². The van der Waals surface area contributed by atoms with Crippen LogP contribution in [0.2, 0.25) is 5.02 Å². The van der Waals surface area contributed by atoms with E-state index in [9.17, 15) is 0 Å². The molecule has 3 rings (SSSR count). The molecular formula is C16H15Cl2N3. The summed E-state index contributed by atoms with van der Waals surface area (Å²) < 4.78 is 2.13. The molecule has 0 aliphatic rings. The van der Waals surface area contributed by atoms with Gasteiger partial charge in [0.25, 0.3) is 0 Å². The molecule has 3 nitrogen and oxygen atoms in total. The van der Waals surface area contributed by atoms with Crippen molar-refractivity contribution in [2.45, 2.75) is 19.9 Å². The van der Waals surface area contributed by atoms with Gasteiger partial charge in [-0.1, -0.05) is 23.7 Å². The molecule has 0 fully saturated rings. The summed E-state index contributed by atoms with van der Waals surface area (Å²) in [4.78, 5) is 9.27. The number of rotatable bonds is 4. The highest BCUT2D eigenvalue weighted by molar-refractivity contribution is 6.30. The zero-order valence-electron chi connectivity index (χ0n) is 11.7. The minimum absolute atomic E-state index is 0.545. The van der Waals surface area contributed by atoms with Gasteiger partial charge in [0.15, 0.2) is 5.65 Å². The number of benzene rings is 1. The fraction of sp³-hybridized carbons (Fsp3) is 0.250. The lowest BCUT2D eigenvalue weighted by Crippen LogP contribution is -2.07. The Labute approximate surface area is 133 Å². The smallest absolute Gasteiger partial charge is 0.160 e. The van der Waals surface area contributed by atoms with Gasteiger partial charge in [0, 0.05) is 23.0 Å². The average molecular weight is 320 g/mol. The van der Waals surface area contributed by atoms with Gasteiger partial charge in [-0.2, -0.15) is 0 Å². The maximum atomic E-state index is 5.94. The summed E-state index contributed by atoms with van der Waals surface area (Å²) in [7, 11) is 0. The Kier molecular flexibility index (Phi) is 4.13. The Morgan fingerprint density at radius 1 is 1.05 bits per heavy atom. The number of pyridine rings is 1. The van der Waals surface area contributed by atoms with E-state index in [1.54, 1.807) is 0 Å². The SMILES string of the molecule is Cc1ccc2nc(CCCl)n(Cc3ccc(Cl)cc3)c2n1. The van der Waals surface area contributed by atoms with Gasteiger partial charge < -0.3 is 4.57 Å². The van der Waals surface area contributed by atoms with Crippen LogP contribution in [0.1, 0.15) is 17.1 Å². The largest absolute Gasteiger partial charge is 0.308 e. The van der Waals surface area contributed by atoms with Crippen LogP contribution >= 0.6 is 23.2 Å². The van der Waals surface area contributed by atoms with E-state index in [2.05, 4.69) is 14.5 Å². The number of hydrogen-bond acceptors (Lipinski definition) is 2. The van der Waals surface area contributed by atoms with Crippen molar-refractivity contribution in [3.05, 3.63) is 58.5 Å². The first-order valence-electron chi connectivity index (χ1n) is 6.80. The quantitative estimate of drug-likeness (QED) is 0.674. The number of nitrogens with zero attached hydrogens (tertiary/aromatic N) is 3. The molecule has 2 heterocycles. The number of alkyl halides is 1. The first-order valence-corrected chi connectivity index (χ1v) is 7.72. The average Bonchev–Trinajstić information content (AvgIpc) is 2.79. The number of aryl methyl sites for hydroxylation is 2. The lowest BCUT2D eigenvalue weighted by molar-refractivity contribution is 0.747. The lowest BCUT2D eigenvalue weighted by atomic mass is 10.2. The maximum Gasteiger partial charge on any atom is 0.160 e. The van der Waals surface area contributed by atoms with Gasteiger partial charge in [0.05, 0.1) is 6.54 Å². The second-order valence-electron chi connectivity index (χ2n) is 4.97. The molecule has 0 saturated carbocycles. The van der Waals surface area contributed by atoms with Gasteiger partial charge in [-0.3, -0.25) is 0 Å². The van der Waals surface area contributed by atoms with Crippen LogP contribution in [-0.4, -0.2) is 20.4 Å². The van der Waals surface area contributed by atoms with Crippen molar-refractivity contribution in [2.75, 3.05) is 5.88 Å². The zero-order valence-corrected chi connectivity index (χ0v) is 13.2. The molecule has 0 bridgehead atoms. The Morgan fingerprint density at radius 2 is 1.81 bits per heavy atom. The predicted molar refractivity (Wildman–Crippen MR) is 87.2 cm³/mol. The molecule has 1 aromatic carbocycles. The monoisotopic (exact) mass is 319 g/mol. The fourth-order valence-electron chi connectivity index (χ4n) is 2.36. The highest BCUT2D eigenvalue weighted by Gasteiger charge is 2.12. The van der Waals surface area contributed by atoms with Crippen molar-refractivity contribution in [3.8, 4) is 0 Å². The molecule has 0 spiro atoms. The van der Waals surface area contributed by atoms with E-state index in [0.717, 1.165) is 46.2 Å². The van der Waals surface area contributed by atoms with Crippen LogP contribution < -0.4 is 0 Å². The fourth-order valence-corrected chi connectivity index (χ4v) is 2.65. The van der Waals surface area contributed by atoms with Gasteiger partial charge in [-0.25, -0.2) is 9.97 Å². The Hall–Kier alpha value is -1.58. The van der Waals surface area contributed by atoms with Gasteiger partial charge in [0.2, 0.25) is 0 Å². The molecule has 21 heavy (non-hydrogen) atoms. The van der Waals surface area contributed by atoms with Crippen LogP contribution in [0.4, 0.5) is 0 Å². The molecule has 2 aromatic heterocycles. The summed E-state index contributed by atoms with van der Waals surface area (Å²) in [5.74, 6) is 1.51.